The zero-order chi connectivity index (χ0) is 12.3. The Morgan fingerprint density at radius 1 is 1.35 bits per heavy atom. The summed E-state index contributed by atoms with van der Waals surface area (Å²) in [5, 5.41) is 9.14. The van der Waals surface area contributed by atoms with Gasteiger partial charge in [0, 0.05) is 31.5 Å². The molecule has 6 heteroatoms. The topological polar surface area (TPSA) is 55.6 Å². The van der Waals surface area contributed by atoms with Crippen LogP contribution in [-0.2, 0) is 13.6 Å². The van der Waals surface area contributed by atoms with Crippen LogP contribution < -0.4 is 5.32 Å². The van der Waals surface area contributed by atoms with Crippen molar-refractivity contribution in [3.8, 4) is 0 Å². The van der Waals surface area contributed by atoms with Crippen LogP contribution in [0, 0.1) is 6.92 Å². The zero-order valence-corrected chi connectivity index (χ0v) is 11.0. The van der Waals surface area contributed by atoms with Crippen LogP contribution in [0.1, 0.15) is 11.3 Å². The van der Waals surface area contributed by atoms with Crippen molar-refractivity contribution in [1.82, 2.24) is 25.1 Å². The molecule has 17 heavy (non-hydrogen) atoms. The van der Waals surface area contributed by atoms with Crippen molar-refractivity contribution in [2.24, 2.45) is 7.05 Å². The largest absolute Gasteiger partial charge is 0.316 e. The molecule has 0 bridgehead atoms. The summed E-state index contributed by atoms with van der Waals surface area (Å²) in [4.78, 5) is 8.63. The zero-order valence-electron chi connectivity index (χ0n) is 10.1. The fraction of sp³-hybridized carbons (Fsp3) is 0.364. The summed E-state index contributed by atoms with van der Waals surface area (Å²) >= 11 is 1.52. The van der Waals surface area contributed by atoms with E-state index in [1.54, 1.807) is 0 Å². The van der Waals surface area contributed by atoms with E-state index in [1.165, 1.54) is 11.8 Å². The fourth-order valence-corrected chi connectivity index (χ4v) is 2.27. The molecule has 0 fully saturated rings. The monoisotopic (exact) mass is 249 g/mol. The highest BCUT2D eigenvalue weighted by Crippen LogP contribution is 2.24. The maximum Gasteiger partial charge on any atom is 0.193 e. The number of nitrogens with zero attached hydrogens (tertiary/aromatic N) is 4. The first-order valence-corrected chi connectivity index (χ1v) is 6.14. The molecule has 0 amide bonds. The minimum absolute atomic E-state index is 0.743. The number of rotatable bonds is 4. The molecule has 2 rings (SSSR count). The van der Waals surface area contributed by atoms with Crippen LogP contribution in [-0.4, -0.2) is 26.8 Å². The lowest BCUT2D eigenvalue weighted by atomic mass is 10.3. The summed E-state index contributed by atoms with van der Waals surface area (Å²) in [6.07, 6.45) is 3.68. The standard InChI is InChI=1S/C11H15N5S/c1-8-4-10(16(3)15-8)17-11-13-6-9(5-12-2)7-14-11/h4,6-7,12H,5H2,1-3H3. The fourth-order valence-electron chi connectivity index (χ4n) is 1.47. The summed E-state index contributed by atoms with van der Waals surface area (Å²) in [5.41, 5.74) is 2.08. The molecule has 90 valence electrons. The van der Waals surface area contributed by atoms with Gasteiger partial charge in [0.05, 0.1) is 5.69 Å². The Hall–Kier alpha value is -1.40. The average Bonchev–Trinajstić information content (AvgIpc) is 2.61. The van der Waals surface area contributed by atoms with Gasteiger partial charge in [-0.15, -0.1) is 0 Å². The second kappa shape index (κ2) is 5.29. The van der Waals surface area contributed by atoms with E-state index in [4.69, 9.17) is 0 Å². The molecular formula is C11H15N5S. The van der Waals surface area contributed by atoms with E-state index in [1.807, 2.05) is 44.2 Å². The third kappa shape index (κ3) is 3.04. The molecule has 2 aromatic rings. The van der Waals surface area contributed by atoms with Crippen molar-refractivity contribution in [3.63, 3.8) is 0 Å². The van der Waals surface area contributed by atoms with Crippen molar-refractivity contribution in [1.29, 1.82) is 0 Å². The van der Waals surface area contributed by atoms with E-state index < -0.39 is 0 Å². The predicted octanol–water partition coefficient (Wildman–Crippen LogP) is 1.39. The highest BCUT2D eigenvalue weighted by atomic mass is 32.2. The molecule has 0 unspecified atom stereocenters. The molecular weight excluding hydrogens is 234 g/mol. The third-order valence-electron chi connectivity index (χ3n) is 2.22. The summed E-state index contributed by atoms with van der Waals surface area (Å²) in [6.45, 7) is 2.76. The first-order valence-electron chi connectivity index (χ1n) is 5.33. The van der Waals surface area contributed by atoms with Gasteiger partial charge in [0.25, 0.3) is 0 Å². The van der Waals surface area contributed by atoms with E-state index in [9.17, 15) is 0 Å². The Bertz CT molecular complexity index is 491. The second-order valence-electron chi connectivity index (χ2n) is 3.75. The van der Waals surface area contributed by atoms with E-state index in [0.717, 1.165) is 28.0 Å². The Kier molecular flexibility index (Phi) is 3.75. The summed E-state index contributed by atoms with van der Waals surface area (Å²) in [5.74, 6) is 0. The minimum Gasteiger partial charge on any atom is -0.316 e. The highest BCUT2D eigenvalue weighted by molar-refractivity contribution is 7.99. The van der Waals surface area contributed by atoms with Crippen LogP contribution in [0.4, 0.5) is 0 Å². The van der Waals surface area contributed by atoms with Gasteiger partial charge >= 0.3 is 0 Å². The maximum atomic E-state index is 4.31. The molecule has 0 aliphatic rings. The Labute approximate surface area is 105 Å². The predicted molar refractivity (Wildman–Crippen MR) is 66.9 cm³/mol. The molecule has 0 aromatic carbocycles. The summed E-state index contributed by atoms with van der Waals surface area (Å²) in [6, 6.07) is 2.02. The molecule has 0 aliphatic heterocycles. The SMILES string of the molecule is CNCc1cnc(Sc2cc(C)nn2C)nc1. The normalized spacial score (nSPS) is 10.8. The molecule has 0 aliphatic carbocycles. The van der Waals surface area contributed by atoms with Gasteiger partial charge in [-0.1, -0.05) is 0 Å². The Balaban J connectivity index is 2.11. The smallest absolute Gasteiger partial charge is 0.193 e. The van der Waals surface area contributed by atoms with Crippen LogP contribution in [0.2, 0.25) is 0 Å². The average molecular weight is 249 g/mol. The molecule has 5 nitrogen and oxygen atoms in total. The number of hydrogen-bond acceptors (Lipinski definition) is 5. The number of hydrogen-bond donors (Lipinski definition) is 1. The molecule has 0 saturated heterocycles. The van der Waals surface area contributed by atoms with Gasteiger partial charge in [-0.25, -0.2) is 9.97 Å². The first-order chi connectivity index (χ1) is 8.19. The maximum absolute atomic E-state index is 4.31. The van der Waals surface area contributed by atoms with Crippen molar-refractivity contribution in [3.05, 3.63) is 29.7 Å². The number of nitrogens with one attached hydrogen (secondary N) is 1. The van der Waals surface area contributed by atoms with Gasteiger partial charge < -0.3 is 5.32 Å². The lowest BCUT2D eigenvalue weighted by Gasteiger charge is -2.02. The van der Waals surface area contributed by atoms with Crippen molar-refractivity contribution >= 4 is 11.8 Å². The van der Waals surface area contributed by atoms with Gasteiger partial charge in [-0.2, -0.15) is 5.10 Å². The van der Waals surface area contributed by atoms with Gasteiger partial charge in [0.15, 0.2) is 5.16 Å². The van der Waals surface area contributed by atoms with Gasteiger partial charge in [-0.3, -0.25) is 4.68 Å². The lowest BCUT2D eigenvalue weighted by molar-refractivity contribution is 0.691. The number of aryl methyl sites for hydroxylation is 2. The highest BCUT2D eigenvalue weighted by Gasteiger charge is 2.06. The van der Waals surface area contributed by atoms with E-state index in [0.29, 0.717) is 0 Å². The van der Waals surface area contributed by atoms with Crippen LogP contribution in [0.25, 0.3) is 0 Å². The Morgan fingerprint density at radius 3 is 2.59 bits per heavy atom. The number of aromatic nitrogens is 4. The Morgan fingerprint density at radius 2 is 2.06 bits per heavy atom. The van der Waals surface area contributed by atoms with Crippen molar-refractivity contribution < 1.29 is 0 Å². The molecule has 0 saturated carbocycles. The van der Waals surface area contributed by atoms with Crippen LogP contribution in [0.5, 0.6) is 0 Å². The van der Waals surface area contributed by atoms with Crippen LogP contribution >= 0.6 is 11.8 Å². The molecule has 0 atom stereocenters. The molecule has 0 radical (unpaired) electrons. The van der Waals surface area contributed by atoms with Crippen molar-refractivity contribution in [2.75, 3.05) is 7.05 Å². The third-order valence-corrected chi connectivity index (χ3v) is 3.20. The van der Waals surface area contributed by atoms with Crippen LogP contribution in [0.15, 0.2) is 28.6 Å². The molecule has 2 heterocycles. The minimum atomic E-state index is 0.743. The lowest BCUT2D eigenvalue weighted by Crippen LogP contribution is -2.06. The quantitative estimate of drug-likeness (QED) is 0.830. The first kappa shape index (κ1) is 12.1. The second-order valence-corrected chi connectivity index (χ2v) is 4.74. The van der Waals surface area contributed by atoms with E-state index in [-0.39, 0.29) is 0 Å². The van der Waals surface area contributed by atoms with Gasteiger partial charge in [0.2, 0.25) is 0 Å². The molecule has 2 aromatic heterocycles. The summed E-state index contributed by atoms with van der Waals surface area (Å²) < 4.78 is 1.84. The van der Waals surface area contributed by atoms with Crippen molar-refractivity contribution in [2.45, 2.75) is 23.7 Å². The molecule has 1 N–H and O–H groups in total. The summed E-state index contributed by atoms with van der Waals surface area (Å²) in [7, 11) is 3.83. The van der Waals surface area contributed by atoms with E-state index in [2.05, 4.69) is 20.4 Å². The van der Waals surface area contributed by atoms with Crippen LogP contribution in [0.3, 0.4) is 0 Å². The van der Waals surface area contributed by atoms with Gasteiger partial charge in [0.1, 0.15) is 5.03 Å². The molecule has 0 spiro atoms. The van der Waals surface area contributed by atoms with E-state index >= 15 is 0 Å². The van der Waals surface area contributed by atoms with Gasteiger partial charge in [-0.05, 0) is 31.8 Å².